The zero-order valence-electron chi connectivity index (χ0n) is 16.7. The van der Waals surface area contributed by atoms with Crippen LogP contribution in [0.1, 0.15) is 24.0 Å². The van der Waals surface area contributed by atoms with Gasteiger partial charge in [0.15, 0.2) is 11.5 Å². The van der Waals surface area contributed by atoms with Gasteiger partial charge in [-0.05, 0) is 55.6 Å². The molecular weight excluding hydrogens is 366 g/mol. The van der Waals surface area contributed by atoms with Crippen molar-refractivity contribution in [2.75, 3.05) is 32.8 Å². The van der Waals surface area contributed by atoms with Gasteiger partial charge < -0.3 is 25.0 Å². The van der Waals surface area contributed by atoms with E-state index >= 15 is 0 Å². The minimum Gasteiger partial charge on any atom is -0.486 e. The van der Waals surface area contributed by atoms with Crippen LogP contribution in [-0.4, -0.2) is 49.8 Å². The topological polar surface area (TPSA) is 62.8 Å². The molecule has 29 heavy (non-hydrogen) atoms. The molecule has 6 heteroatoms. The van der Waals surface area contributed by atoms with Gasteiger partial charge in [0.05, 0.1) is 0 Å². The Labute approximate surface area is 172 Å². The Bertz CT molecular complexity index is 806. The zero-order valence-corrected chi connectivity index (χ0v) is 16.7. The van der Waals surface area contributed by atoms with Crippen LogP contribution in [0.3, 0.4) is 0 Å². The van der Waals surface area contributed by atoms with E-state index in [4.69, 9.17) is 9.47 Å². The van der Waals surface area contributed by atoms with E-state index in [0.717, 1.165) is 48.7 Å². The van der Waals surface area contributed by atoms with Gasteiger partial charge in [-0.15, -0.1) is 0 Å². The summed E-state index contributed by atoms with van der Waals surface area (Å²) in [4.78, 5) is 15.0. The van der Waals surface area contributed by atoms with Crippen LogP contribution in [0.4, 0.5) is 4.79 Å². The van der Waals surface area contributed by atoms with E-state index in [1.54, 1.807) is 0 Å². The number of nitrogens with one attached hydrogen (secondary N) is 2. The molecule has 0 aliphatic carbocycles. The van der Waals surface area contributed by atoms with Crippen LogP contribution in [-0.2, 0) is 13.0 Å². The molecule has 2 aromatic carbocycles. The fourth-order valence-corrected chi connectivity index (χ4v) is 3.95. The number of amides is 2. The van der Waals surface area contributed by atoms with E-state index < -0.39 is 0 Å². The van der Waals surface area contributed by atoms with Crippen LogP contribution in [0.2, 0.25) is 0 Å². The number of hydrogen-bond acceptors (Lipinski definition) is 4. The molecule has 6 nitrogen and oxygen atoms in total. The van der Waals surface area contributed by atoms with E-state index in [2.05, 4.69) is 21.6 Å². The van der Waals surface area contributed by atoms with Crippen LogP contribution in [0.15, 0.2) is 48.5 Å². The second-order valence-corrected chi connectivity index (χ2v) is 7.70. The second-order valence-electron chi connectivity index (χ2n) is 7.70. The quantitative estimate of drug-likeness (QED) is 0.757. The maximum Gasteiger partial charge on any atom is 0.315 e. The van der Waals surface area contributed by atoms with Crippen molar-refractivity contribution >= 4 is 6.03 Å². The highest BCUT2D eigenvalue weighted by Gasteiger charge is 2.21. The third-order valence-electron chi connectivity index (χ3n) is 5.40. The van der Waals surface area contributed by atoms with Crippen molar-refractivity contribution in [1.29, 1.82) is 0 Å². The molecule has 2 aliphatic heterocycles. The first kappa shape index (κ1) is 19.6. The van der Waals surface area contributed by atoms with E-state index in [9.17, 15) is 4.79 Å². The van der Waals surface area contributed by atoms with Crippen molar-refractivity contribution in [3.63, 3.8) is 0 Å². The number of nitrogens with zero attached hydrogens (tertiary/aromatic N) is 1. The van der Waals surface area contributed by atoms with Crippen LogP contribution >= 0.6 is 0 Å². The summed E-state index contributed by atoms with van der Waals surface area (Å²) in [5, 5.41) is 6.16. The van der Waals surface area contributed by atoms with Crippen LogP contribution < -0.4 is 20.1 Å². The van der Waals surface area contributed by atoms with Gasteiger partial charge in [0.25, 0.3) is 0 Å². The van der Waals surface area contributed by atoms with Crippen molar-refractivity contribution in [2.24, 2.45) is 0 Å². The second kappa shape index (κ2) is 9.65. The van der Waals surface area contributed by atoms with Crippen LogP contribution in [0.25, 0.3) is 0 Å². The lowest BCUT2D eigenvalue weighted by molar-refractivity contribution is 0.171. The number of benzene rings is 2. The Hall–Kier alpha value is -2.73. The predicted octanol–water partition coefficient (Wildman–Crippen LogP) is 2.96. The Morgan fingerprint density at radius 3 is 2.52 bits per heavy atom. The molecule has 2 heterocycles. The highest BCUT2D eigenvalue weighted by molar-refractivity contribution is 5.74. The molecule has 2 N–H and O–H groups in total. The van der Waals surface area contributed by atoms with Crippen molar-refractivity contribution in [2.45, 2.75) is 31.8 Å². The van der Waals surface area contributed by atoms with Crippen LogP contribution in [0, 0.1) is 0 Å². The lowest BCUT2D eigenvalue weighted by Gasteiger charge is -2.25. The summed E-state index contributed by atoms with van der Waals surface area (Å²) < 4.78 is 11.3. The molecule has 4 rings (SSSR count). The number of carbonyl (C=O) groups excluding carboxylic acids is 1. The predicted molar refractivity (Wildman–Crippen MR) is 112 cm³/mol. The third-order valence-corrected chi connectivity index (χ3v) is 5.40. The number of fused-ring (bicyclic) bond motifs is 1. The molecule has 0 saturated carbocycles. The molecule has 1 fully saturated rings. The van der Waals surface area contributed by atoms with Gasteiger partial charge in [-0.3, -0.25) is 0 Å². The number of ether oxygens (including phenoxy) is 2. The molecule has 2 aromatic rings. The van der Waals surface area contributed by atoms with Gasteiger partial charge in [0.1, 0.15) is 13.2 Å². The fourth-order valence-electron chi connectivity index (χ4n) is 3.95. The molecule has 0 spiro atoms. The average Bonchev–Trinajstić information content (AvgIpc) is 3.26. The third kappa shape index (κ3) is 5.64. The molecule has 2 amide bonds. The highest BCUT2D eigenvalue weighted by atomic mass is 16.6. The fraction of sp³-hybridized carbons (Fsp3) is 0.435. The lowest BCUT2D eigenvalue weighted by atomic mass is 10.0. The number of likely N-dealkylation sites (tertiary alicyclic amines) is 1. The number of rotatable bonds is 7. The molecule has 1 unspecified atom stereocenters. The summed E-state index contributed by atoms with van der Waals surface area (Å²) in [7, 11) is 0. The smallest absolute Gasteiger partial charge is 0.315 e. The number of carbonyl (C=O) groups is 1. The summed E-state index contributed by atoms with van der Waals surface area (Å²) in [5.41, 5.74) is 2.23. The summed E-state index contributed by atoms with van der Waals surface area (Å²) in [6, 6.07) is 15.9. The molecule has 2 aliphatic rings. The normalized spacial score (nSPS) is 17.0. The first-order valence-electron chi connectivity index (χ1n) is 10.5. The first-order valence-corrected chi connectivity index (χ1v) is 10.5. The summed E-state index contributed by atoms with van der Waals surface area (Å²) in [6.45, 7) is 4.75. The van der Waals surface area contributed by atoms with Gasteiger partial charge >= 0.3 is 6.03 Å². The maximum atomic E-state index is 12.5. The van der Waals surface area contributed by atoms with E-state index in [0.29, 0.717) is 19.8 Å². The molecule has 1 saturated heterocycles. The monoisotopic (exact) mass is 395 g/mol. The minimum atomic E-state index is -0.129. The lowest BCUT2D eigenvalue weighted by Crippen LogP contribution is -2.48. The van der Waals surface area contributed by atoms with Crippen molar-refractivity contribution in [1.82, 2.24) is 15.5 Å². The first-order chi connectivity index (χ1) is 14.3. The van der Waals surface area contributed by atoms with E-state index in [-0.39, 0.29) is 12.1 Å². The average molecular weight is 396 g/mol. The van der Waals surface area contributed by atoms with Gasteiger partial charge in [-0.1, -0.05) is 36.4 Å². The Morgan fingerprint density at radius 2 is 1.72 bits per heavy atom. The molecular formula is C23H29N3O3. The summed E-state index contributed by atoms with van der Waals surface area (Å²) in [6.07, 6.45) is 3.22. The zero-order chi connectivity index (χ0) is 19.9. The van der Waals surface area contributed by atoms with E-state index in [1.807, 2.05) is 42.5 Å². The minimum absolute atomic E-state index is 0.0337. The molecule has 0 radical (unpaired) electrons. The van der Waals surface area contributed by atoms with Gasteiger partial charge in [0.2, 0.25) is 0 Å². The molecule has 1 atom stereocenters. The molecule has 0 bridgehead atoms. The van der Waals surface area contributed by atoms with Gasteiger partial charge in [-0.2, -0.15) is 0 Å². The Morgan fingerprint density at radius 1 is 0.966 bits per heavy atom. The van der Waals surface area contributed by atoms with Crippen molar-refractivity contribution in [3.8, 4) is 11.5 Å². The maximum absolute atomic E-state index is 12.5. The largest absolute Gasteiger partial charge is 0.486 e. The Kier molecular flexibility index (Phi) is 6.52. The molecule has 0 aromatic heterocycles. The standard InChI is InChI=1S/C23H29N3O3/c27-23(24-16-18-6-2-1-3-7-18)25-20(17-26-10-4-5-11-26)14-19-8-9-21-22(15-19)29-13-12-28-21/h1-3,6-9,15,20H,4-5,10-14,16-17H2,(H2,24,25,27). The van der Waals surface area contributed by atoms with E-state index in [1.165, 1.54) is 12.8 Å². The highest BCUT2D eigenvalue weighted by Crippen LogP contribution is 2.31. The number of hydrogen-bond donors (Lipinski definition) is 2. The van der Waals surface area contributed by atoms with Crippen LogP contribution in [0.5, 0.6) is 11.5 Å². The summed E-state index contributed by atoms with van der Waals surface area (Å²) >= 11 is 0. The summed E-state index contributed by atoms with van der Waals surface area (Å²) in [5.74, 6) is 1.59. The van der Waals surface area contributed by atoms with Crippen molar-refractivity contribution in [3.05, 3.63) is 59.7 Å². The van der Waals surface area contributed by atoms with Crippen molar-refractivity contribution < 1.29 is 14.3 Å². The van der Waals surface area contributed by atoms with Gasteiger partial charge in [0, 0.05) is 19.1 Å². The molecule has 154 valence electrons. The van der Waals surface area contributed by atoms with Gasteiger partial charge in [-0.25, -0.2) is 4.79 Å². The SMILES string of the molecule is O=C(NCc1ccccc1)NC(Cc1ccc2c(c1)OCCO2)CN1CCCC1. The Balaban J connectivity index is 1.38. The number of urea groups is 1.